The van der Waals surface area contributed by atoms with E-state index in [2.05, 4.69) is 15.7 Å². The number of amides is 1. The lowest BCUT2D eigenvalue weighted by atomic mass is 9.97. The van der Waals surface area contributed by atoms with Crippen LogP contribution in [-0.4, -0.2) is 22.2 Å². The highest BCUT2D eigenvalue weighted by Gasteiger charge is 2.36. The smallest absolute Gasteiger partial charge is 0.318 e. The van der Waals surface area contributed by atoms with Crippen molar-refractivity contribution in [1.29, 1.82) is 5.26 Å². The molecule has 1 aromatic heterocycles. The third-order valence-electron chi connectivity index (χ3n) is 6.46. The van der Waals surface area contributed by atoms with Crippen LogP contribution < -0.4 is 10.6 Å². The molecule has 0 spiro atoms. The molecular weight excluding hydrogens is 510 g/mol. The highest BCUT2D eigenvalue weighted by molar-refractivity contribution is 6.03. The fourth-order valence-corrected chi connectivity index (χ4v) is 4.27. The Bertz CT molecular complexity index is 1540. The minimum Gasteiger partial charge on any atom is -0.318 e. The molecule has 5 rings (SSSR count). The van der Waals surface area contributed by atoms with Crippen LogP contribution in [0.4, 0.5) is 23.2 Å². The van der Waals surface area contributed by atoms with Gasteiger partial charge in [0, 0.05) is 6.07 Å². The van der Waals surface area contributed by atoms with E-state index in [0.717, 1.165) is 29.6 Å². The fourth-order valence-electron chi connectivity index (χ4n) is 4.27. The van der Waals surface area contributed by atoms with Crippen molar-refractivity contribution in [3.8, 4) is 11.8 Å². The third kappa shape index (κ3) is 5.99. The number of rotatable bonds is 8. The van der Waals surface area contributed by atoms with Gasteiger partial charge in [-0.05, 0) is 66.8 Å². The minimum absolute atomic E-state index is 0.0809. The highest BCUT2D eigenvalue weighted by Crippen LogP contribution is 2.32. The van der Waals surface area contributed by atoms with Crippen LogP contribution in [-0.2, 0) is 6.18 Å². The molecule has 0 radical (unpaired) electrons. The van der Waals surface area contributed by atoms with Crippen LogP contribution in [0.3, 0.4) is 0 Å². The fraction of sp³-hybridized carbons (Fsp3) is 0.207. The van der Waals surface area contributed by atoms with Crippen molar-refractivity contribution >= 4 is 11.6 Å². The maximum Gasteiger partial charge on any atom is 0.435 e. The quantitative estimate of drug-likeness (QED) is 0.263. The normalized spacial score (nSPS) is 14.0. The summed E-state index contributed by atoms with van der Waals surface area (Å²) >= 11 is 0. The van der Waals surface area contributed by atoms with Gasteiger partial charge in [0.05, 0.1) is 29.0 Å². The van der Waals surface area contributed by atoms with E-state index in [1.54, 1.807) is 6.07 Å². The molecule has 1 heterocycles. The maximum atomic E-state index is 14.9. The van der Waals surface area contributed by atoms with Crippen LogP contribution in [0.1, 0.15) is 51.8 Å². The summed E-state index contributed by atoms with van der Waals surface area (Å²) in [4.78, 5) is 13.2. The summed E-state index contributed by atoms with van der Waals surface area (Å²) in [5.41, 5.74) is -0.0493. The number of alkyl halides is 3. The minimum atomic E-state index is -4.82. The maximum absolute atomic E-state index is 14.9. The predicted octanol–water partition coefficient (Wildman–Crippen LogP) is 6.24. The lowest BCUT2D eigenvalue weighted by Gasteiger charge is -2.21. The summed E-state index contributed by atoms with van der Waals surface area (Å²) in [7, 11) is 0. The van der Waals surface area contributed by atoms with Gasteiger partial charge >= 0.3 is 6.18 Å². The van der Waals surface area contributed by atoms with Gasteiger partial charge in [-0.1, -0.05) is 42.5 Å². The Labute approximate surface area is 221 Å². The summed E-state index contributed by atoms with van der Waals surface area (Å²) in [6.45, 7) is 0.778. The first-order valence-corrected chi connectivity index (χ1v) is 12.3. The van der Waals surface area contributed by atoms with Gasteiger partial charge in [0.2, 0.25) is 0 Å². The molecule has 1 amide bonds. The summed E-state index contributed by atoms with van der Waals surface area (Å²) in [6.07, 6.45) is -2.54. The van der Waals surface area contributed by atoms with E-state index in [9.17, 15) is 27.6 Å². The molecule has 39 heavy (non-hydrogen) atoms. The van der Waals surface area contributed by atoms with Crippen molar-refractivity contribution in [2.24, 2.45) is 5.92 Å². The van der Waals surface area contributed by atoms with E-state index >= 15 is 0 Å². The Morgan fingerprint density at radius 2 is 1.79 bits per heavy atom. The Morgan fingerprint density at radius 3 is 2.49 bits per heavy atom. The van der Waals surface area contributed by atoms with Gasteiger partial charge in [-0.3, -0.25) is 4.79 Å². The van der Waals surface area contributed by atoms with Gasteiger partial charge in [-0.2, -0.15) is 23.5 Å². The number of carbonyl (C=O) groups excluding carboxylic acids is 1. The van der Waals surface area contributed by atoms with Crippen molar-refractivity contribution in [2.75, 3.05) is 11.9 Å². The van der Waals surface area contributed by atoms with Gasteiger partial charge in [0.25, 0.3) is 5.91 Å². The number of nitrogens with zero attached hydrogens (tertiary/aromatic N) is 3. The molecule has 2 N–H and O–H groups in total. The van der Waals surface area contributed by atoms with Crippen LogP contribution in [0, 0.1) is 23.1 Å². The van der Waals surface area contributed by atoms with Crippen molar-refractivity contribution < 1.29 is 22.4 Å². The lowest BCUT2D eigenvalue weighted by Crippen LogP contribution is -2.25. The largest absolute Gasteiger partial charge is 0.435 e. The second kappa shape index (κ2) is 10.7. The van der Waals surface area contributed by atoms with Gasteiger partial charge < -0.3 is 10.6 Å². The first-order chi connectivity index (χ1) is 18.7. The molecule has 1 aliphatic rings. The number of aromatic nitrogens is 2. The molecule has 1 fully saturated rings. The molecular formula is C29H23F4N5O. The van der Waals surface area contributed by atoms with Gasteiger partial charge in [0.1, 0.15) is 11.5 Å². The molecule has 4 aromatic rings. The third-order valence-corrected chi connectivity index (χ3v) is 6.46. The molecule has 0 aliphatic heterocycles. The van der Waals surface area contributed by atoms with Gasteiger partial charge in [0.15, 0.2) is 5.69 Å². The molecule has 1 saturated carbocycles. The Morgan fingerprint density at radius 1 is 1.03 bits per heavy atom. The molecule has 0 bridgehead atoms. The van der Waals surface area contributed by atoms with E-state index in [0.29, 0.717) is 17.5 Å². The monoisotopic (exact) mass is 533 g/mol. The van der Waals surface area contributed by atoms with Crippen molar-refractivity contribution in [3.05, 3.63) is 113 Å². The topological polar surface area (TPSA) is 82.7 Å². The lowest BCUT2D eigenvalue weighted by molar-refractivity contribution is -0.141. The van der Waals surface area contributed by atoms with Crippen molar-refractivity contribution in [1.82, 2.24) is 15.1 Å². The Balaban J connectivity index is 1.49. The van der Waals surface area contributed by atoms with Gasteiger partial charge in [-0.25, -0.2) is 9.07 Å². The SMILES string of the molecule is N#Cc1cccc(-n2nc(C(F)(F)F)cc2C(=O)Nc2cc(C(NCC3CC3)c3ccccc3)ccc2F)c1. The summed E-state index contributed by atoms with van der Waals surface area (Å²) in [5, 5.41) is 18.7. The summed E-state index contributed by atoms with van der Waals surface area (Å²) in [5.74, 6) is -1.15. The molecule has 0 saturated heterocycles. The molecule has 1 aliphatic carbocycles. The van der Waals surface area contributed by atoms with Crippen molar-refractivity contribution in [2.45, 2.75) is 25.1 Å². The first-order valence-electron chi connectivity index (χ1n) is 12.3. The van der Waals surface area contributed by atoms with E-state index in [-0.39, 0.29) is 23.0 Å². The van der Waals surface area contributed by atoms with E-state index < -0.39 is 29.3 Å². The van der Waals surface area contributed by atoms with Crippen LogP contribution in [0.25, 0.3) is 5.69 Å². The highest BCUT2D eigenvalue weighted by atomic mass is 19.4. The van der Waals surface area contributed by atoms with E-state index in [1.165, 1.54) is 36.4 Å². The number of anilines is 1. The number of carbonyl (C=O) groups is 1. The summed E-state index contributed by atoms with van der Waals surface area (Å²) < 4.78 is 56.2. The average molecular weight is 534 g/mol. The van der Waals surface area contributed by atoms with E-state index in [4.69, 9.17) is 0 Å². The van der Waals surface area contributed by atoms with Crippen LogP contribution in [0.15, 0.2) is 78.9 Å². The van der Waals surface area contributed by atoms with Crippen molar-refractivity contribution in [3.63, 3.8) is 0 Å². The zero-order valence-corrected chi connectivity index (χ0v) is 20.5. The molecule has 1 unspecified atom stereocenters. The number of nitrogens with one attached hydrogen (secondary N) is 2. The molecule has 3 aromatic carbocycles. The molecule has 198 valence electrons. The zero-order chi connectivity index (χ0) is 27.6. The van der Waals surface area contributed by atoms with Crippen LogP contribution in [0.2, 0.25) is 0 Å². The second-order valence-corrected chi connectivity index (χ2v) is 9.38. The number of nitriles is 1. The number of hydrogen-bond donors (Lipinski definition) is 2. The molecule has 1 atom stereocenters. The second-order valence-electron chi connectivity index (χ2n) is 9.38. The van der Waals surface area contributed by atoms with Crippen LogP contribution >= 0.6 is 0 Å². The standard InChI is InChI=1S/C29H23F4N5O/c30-23-12-11-21(27(35-17-18-9-10-18)20-6-2-1-3-7-20)14-24(23)36-28(39)25-15-26(29(31,32)33)37-38(25)22-8-4-5-19(13-22)16-34/h1-8,11-15,18,27,35H,9-10,17H2,(H,36,39). The first kappa shape index (κ1) is 26.1. The number of halogens is 4. The summed E-state index contributed by atoms with van der Waals surface area (Å²) in [6, 6.07) is 21.8. The zero-order valence-electron chi connectivity index (χ0n) is 20.5. The average Bonchev–Trinajstić information content (AvgIpc) is 3.64. The van der Waals surface area contributed by atoms with Gasteiger partial charge in [-0.15, -0.1) is 0 Å². The Kier molecular flexibility index (Phi) is 7.17. The Hall–Kier alpha value is -4.49. The molecule has 6 nitrogen and oxygen atoms in total. The molecule has 10 heteroatoms. The number of hydrogen-bond acceptors (Lipinski definition) is 4. The number of benzene rings is 3. The van der Waals surface area contributed by atoms with E-state index in [1.807, 2.05) is 36.4 Å². The predicted molar refractivity (Wildman–Crippen MR) is 137 cm³/mol. The van der Waals surface area contributed by atoms with Crippen LogP contribution in [0.5, 0.6) is 0 Å².